The zero-order valence-electron chi connectivity index (χ0n) is 6.32. The zero-order chi connectivity index (χ0) is 8.91. The number of hydrogen-bond acceptors (Lipinski definition) is 3. The van der Waals surface area contributed by atoms with Gasteiger partial charge < -0.3 is 4.55 Å². The molecular formula is C5H12O4S2. The Kier molecular flexibility index (Phi) is 5.07. The Morgan fingerprint density at radius 1 is 1.36 bits per heavy atom. The topological polar surface area (TPSA) is 77.4 Å². The van der Waals surface area contributed by atoms with Crippen molar-refractivity contribution in [3.05, 3.63) is 0 Å². The van der Waals surface area contributed by atoms with Crippen LogP contribution in [0.4, 0.5) is 0 Å². The van der Waals surface area contributed by atoms with Crippen LogP contribution in [0.25, 0.3) is 0 Å². The Hall–Kier alpha value is 0.220. The predicted octanol–water partition coefficient (Wildman–Crippen LogP) is 0.0329. The highest BCUT2D eigenvalue weighted by atomic mass is 32.3. The smallest absolute Gasteiger partial charge is 0.215 e. The maximum absolute atomic E-state index is 8.63. The van der Waals surface area contributed by atoms with Gasteiger partial charge in [-0.05, 0) is 23.7 Å². The van der Waals surface area contributed by atoms with Crippen molar-refractivity contribution in [3.63, 3.8) is 0 Å². The van der Waals surface area contributed by atoms with Crippen LogP contribution in [0, 0.1) is 0 Å². The van der Waals surface area contributed by atoms with Crippen LogP contribution in [-0.2, 0) is 21.3 Å². The van der Waals surface area contributed by atoms with E-state index in [0.717, 1.165) is 10.9 Å². The molecule has 0 atom stereocenters. The van der Waals surface area contributed by atoms with Crippen LogP contribution in [0.2, 0.25) is 0 Å². The van der Waals surface area contributed by atoms with E-state index in [1.54, 1.807) is 0 Å². The van der Waals surface area contributed by atoms with Gasteiger partial charge in [0.1, 0.15) is 11.5 Å². The molecule has 0 amide bonds. The van der Waals surface area contributed by atoms with E-state index >= 15 is 0 Å². The summed E-state index contributed by atoms with van der Waals surface area (Å²) in [6.07, 6.45) is 5.37. The van der Waals surface area contributed by atoms with Crippen LogP contribution in [-0.4, -0.2) is 35.3 Å². The molecule has 11 heavy (non-hydrogen) atoms. The number of rotatable bonds is 0. The summed E-state index contributed by atoms with van der Waals surface area (Å²) in [6.45, 7) is 0. The van der Waals surface area contributed by atoms with Crippen LogP contribution in [0.5, 0.6) is 0 Å². The lowest BCUT2D eigenvalue weighted by Crippen LogP contribution is -1.96. The first kappa shape index (κ1) is 11.2. The summed E-state index contributed by atoms with van der Waals surface area (Å²) < 4.78 is 32.8. The molecular weight excluding hydrogens is 188 g/mol. The summed E-state index contributed by atoms with van der Waals surface area (Å²) in [6, 6.07) is 0. The van der Waals surface area contributed by atoms with Crippen LogP contribution in [0.15, 0.2) is 0 Å². The largest absolute Gasteiger partial charge is 0.726 e. The second-order valence-electron chi connectivity index (χ2n) is 2.32. The molecule has 1 aliphatic rings. The quantitative estimate of drug-likeness (QED) is 0.340. The monoisotopic (exact) mass is 200 g/mol. The molecule has 0 bridgehead atoms. The molecule has 0 unspecified atom stereocenters. The van der Waals surface area contributed by atoms with E-state index in [1.807, 2.05) is 0 Å². The molecule has 1 heterocycles. The van der Waals surface area contributed by atoms with Crippen LogP contribution >= 0.6 is 0 Å². The summed E-state index contributed by atoms with van der Waals surface area (Å²) in [5.74, 6) is 3.03. The van der Waals surface area contributed by atoms with Crippen molar-refractivity contribution >= 4 is 21.3 Å². The molecule has 0 saturated carbocycles. The zero-order valence-corrected chi connectivity index (χ0v) is 7.95. The van der Waals surface area contributed by atoms with Gasteiger partial charge in [-0.15, -0.1) is 0 Å². The SMILES string of the molecule is C[S+]1CCCC1.O=S(=O)([O-])O. The van der Waals surface area contributed by atoms with Crippen molar-refractivity contribution in [1.29, 1.82) is 0 Å². The Balaban J connectivity index is 0.000000187. The van der Waals surface area contributed by atoms with E-state index < -0.39 is 10.4 Å². The first-order chi connectivity index (χ1) is 4.89. The van der Waals surface area contributed by atoms with E-state index in [9.17, 15) is 0 Å². The molecule has 0 aromatic carbocycles. The van der Waals surface area contributed by atoms with E-state index in [2.05, 4.69) is 6.26 Å². The molecule has 0 radical (unpaired) electrons. The third-order valence-corrected chi connectivity index (χ3v) is 3.21. The fourth-order valence-electron chi connectivity index (χ4n) is 0.799. The average molecular weight is 200 g/mol. The van der Waals surface area contributed by atoms with Gasteiger partial charge in [-0.25, -0.2) is 8.42 Å². The van der Waals surface area contributed by atoms with Gasteiger partial charge in [-0.3, -0.25) is 4.55 Å². The Morgan fingerprint density at radius 2 is 1.64 bits per heavy atom. The van der Waals surface area contributed by atoms with E-state index in [4.69, 9.17) is 17.5 Å². The van der Waals surface area contributed by atoms with Crippen LogP contribution < -0.4 is 0 Å². The first-order valence-corrected chi connectivity index (χ1v) is 6.50. The summed E-state index contributed by atoms with van der Waals surface area (Å²) in [5, 5.41) is 0. The van der Waals surface area contributed by atoms with Gasteiger partial charge in [0.25, 0.3) is 0 Å². The van der Waals surface area contributed by atoms with Crippen LogP contribution in [0.1, 0.15) is 12.8 Å². The summed E-state index contributed by atoms with van der Waals surface area (Å²) in [5.41, 5.74) is 0. The minimum Gasteiger partial charge on any atom is -0.726 e. The van der Waals surface area contributed by atoms with Gasteiger partial charge in [0.15, 0.2) is 0 Å². The molecule has 0 aliphatic carbocycles. The lowest BCUT2D eigenvalue weighted by Gasteiger charge is -1.88. The third-order valence-electron chi connectivity index (χ3n) is 1.24. The summed E-state index contributed by atoms with van der Waals surface area (Å²) in [7, 11) is -4.09. The van der Waals surface area contributed by atoms with Crippen molar-refractivity contribution in [2.24, 2.45) is 0 Å². The predicted molar refractivity (Wildman–Crippen MR) is 44.6 cm³/mol. The molecule has 1 rings (SSSR count). The van der Waals surface area contributed by atoms with E-state index in [0.29, 0.717) is 0 Å². The summed E-state index contributed by atoms with van der Waals surface area (Å²) >= 11 is 0. The highest BCUT2D eigenvalue weighted by Gasteiger charge is 2.16. The van der Waals surface area contributed by atoms with Gasteiger partial charge in [0.2, 0.25) is 10.4 Å². The average Bonchev–Trinajstić information content (AvgIpc) is 2.12. The minimum atomic E-state index is -4.92. The highest BCUT2D eigenvalue weighted by molar-refractivity contribution is 7.96. The maximum Gasteiger partial charge on any atom is 0.215 e. The molecule has 6 heteroatoms. The Bertz CT molecular complexity index is 173. The van der Waals surface area contributed by atoms with Crippen LogP contribution in [0.3, 0.4) is 0 Å². The molecule has 4 nitrogen and oxygen atoms in total. The maximum atomic E-state index is 8.63. The van der Waals surface area contributed by atoms with E-state index in [-0.39, 0.29) is 0 Å². The van der Waals surface area contributed by atoms with Gasteiger partial charge in [-0.2, -0.15) is 0 Å². The first-order valence-electron chi connectivity index (χ1n) is 3.17. The standard InChI is InChI=1S/C5H11S.H2O4S/c1-6-4-2-3-5-6;1-5(2,3)4/h2-5H2,1H3;(H2,1,2,3,4)/q+1;/p-1. The lowest BCUT2D eigenvalue weighted by atomic mass is 10.4. The fraction of sp³-hybridized carbons (Fsp3) is 1.00. The Labute approximate surface area is 69.9 Å². The van der Waals surface area contributed by atoms with Crippen molar-refractivity contribution in [3.8, 4) is 0 Å². The van der Waals surface area contributed by atoms with Crippen molar-refractivity contribution < 1.29 is 17.5 Å². The van der Waals surface area contributed by atoms with Gasteiger partial charge in [-0.1, -0.05) is 0 Å². The van der Waals surface area contributed by atoms with Gasteiger partial charge in [0, 0.05) is 0 Å². The number of hydrogen-bond donors (Lipinski definition) is 1. The molecule has 0 spiro atoms. The van der Waals surface area contributed by atoms with Gasteiger partial charge >= 0.3 is 0 Å². The fourth-order valence-corrected chi connectivity index (χ4v) is 2.40. The van der Waals surface area contributed by atoms with Crippen molar-refractivity contribution in [2.45, 2.75) is 12.8 Å². The molecule has 0 aromatic heterocycles. The highest BCUT2D eigenvalue weighted by Crippen LogP contribution is 2.08. The molecule has 1 fully saturated rings. The lowest BCUT2D eigenvalue weighted by molar-refractivity contribution is 0.366. The second-order valence-corrected chi connectivity index (χ2v) is 5.56. The molecule has 1 aliphatic heterocycles. The van der Waals surface area contributed by atoms with Crippen molar-refractivity contribution in [1.82, 2.24) is 0 Å². The van der Waals surface area contributed by atoms with Crippen molar-refractivity contribution in [2.75, 3.05) is 17.8 Å². The molecule has 1 N–H and O–H groups in total. The second kappa shape index (κ2) is 4.97. The summed E-state index contributed by atoms with van der Waals surface area (Å²) in [4.78, 5) is 0. The van der Waals surface area contributed by atoms with E-state index in [1.165, 1.54) is 24.3 Å². The molecule has 68 valence electrons. The molecule has 0 aromatic rings. The van der Waals surface area contributed by atoms with Gasteiger partial charge in [0.05, 0.1) is 6.26 Å². The Morgan fingerprint density at radius 3 is 1.73 bits per heavy atom. The minimum absolute atomic E-state index is 0.827. The third kappa shape index (κ3) is 13.2. The molecule has 1 saturated heterocycles. The normalized spacial score (nSPS) is 19.2.